The number of rotatable bonds is 8. The molecule has 0 unspecified atom stereocenters. The van der Waals surface area contributed by atoms with Crippen LogP contribution in [0.1, 0.15) is 112 Å². The molecule has 0 bridgehead atoms. The average Bonchev–Trinajstić information content (AvgIpc) is 3.29. The Morgan fingerprint density at radius 2 is 1.81 bits per heavy atom. The highest BCUT2D eigenvalue weighted by molar-refractivity contribution is 5.67. The van der Waals surface area contributed by atoms with Gasteiger partial charge in [-0.25, -0.2) is 0 Å². The minimum absolute atomic E-state index is 0.220. The fraction of sp³-hybridized carbons (Fsp3) is 0.833. The minimum atomic E-state index is -0.623. The van der Waals surface area contributed by atoms with Gasteiger partial charge in [0.2, 0.25) is 0 Å². The topological polar surface area (TPSA) is 37.3 Å². The van der Waals surface area contributed by atoms with Crippen LogP contribution >= 0.6 is 0 Å². The van der Waals surface area contributed by atoms with E-state index in [4.69, 9.17) is 0 Å². The molecule has 2 nitrogen and oxygen atoms in total. The Bertz CT molecular complexity index is 806. The summed E-state index contributed by atoms with van der Waals surface area (Å²) < 4.78 is 0. The number of hydrogen-bond donors (Lipinski definition) is 1. The quantitative estimate of drug-likeness (QED) is 0.384. The minimum Gasteiger partial charge on any atom is -0.481 e. The lowest BCUT2D eigenvalue weighted by Gasteiger charge is -2.61. The third-order valence-corrected chi connectivity index (χ3v) is 11.8. The maximum absolute atomic E-state index is 11.6. The summed E-state index contributed by atoms with van der Waals surface area (Å²) in [6, 6.07) is 0. The zero-order chi connectivity index (χ0) is 23.5. The highest BCUT2D eigenvalue weighted by atomic mass is 16.4. The van der Waals surface area contributed by atoms with Crippen LogP contribution in [-0.2, 0) is 4.79 Å². The third-order valence-electron chi connectivity index (χ3n) is 11.8. The maximum Gasteiger partial charge on any atom is 0.303 e. The molecule has 0 radical (unpaired) electrons. The van der Waals surface area contributed by atoms with Gasteiger partial charge in [0.15, 0.2) is 0 Å². The molecule has 8 atom stereocenters. The Balaban J connectivity index is 1.60. The number of carboxylic acid groups (broad SMARTS) is 1. The van der Waals surface area contributed by atoms with Gasteiger partial charge in [-0.3, -0.25) is 4.79 Å². The van der Waals surface area contributed by atoms with Crippen molar-refractivity contribution in [1.29, 1.82) is 0 Å². The average molecular weight is 441 g/mol. The molecule has 0 saturated heterocycles. The van der Waals surface area contributed by atoms with Gasteiger partial charge in [-0.2, -0.15) is 0 Å². The molecule has 0 aromatic heterocycles. The van der Waals surface area contributed by atoms with Gasteiger partial charge < -0.3 is 5.11 Å². The van der Waals surface area contributed by atoms with Crippen LogP contribution in [-0.4, -0.2) is 11.1 Å². The molecular formula is C30H48O2. The number of aliphatic carboxylic acids is 1. The van der Waals surface area contributed by atoms with Gasteiger partial charge in [-0.05, 0) is 130 Å². The zero-order valence-electron chi connectivity index (χ0n) is 21.7. The first-order valence-electron chi connectivity index (χ1n) is 13.4. The smallest absolute Gasteiger partial charge is 0.303 e. The van der Waals surface area contributed by atoms with Crippen LogP contribution in [0.15, 0.2) is 23.8 Å². The van der Waals surface area contributed by atoms with Crippen molar-refractivity contribution in [2.24, 2.45) is 45.3 Å². The first-order valence-corrected chi connectivity index (χ1v) is 13.4. The van der Waals surface area contributed by atoms with Crippen LogP contribution in [0.2, 0.25) is 0 Å². The zero-order valence-corrected chi connectivity index (χ0v) is 21.7. The molecule has 0 aromatic rings. The number of hydrogen-bond acceptors (Lipinski definition) is 1. The number of allylic oxidation sites excluding steroid dienone is 3. The highest BCUT2D eigenvalue weighted by Crippen LogP contribution is 2.87. The molecule has 2 heteroatoms. The lowest BCUT2D eigenvalue weighted by atomic mass is 9.43. The second-order valence-corrected chi connectivity index (χ2v) is 13.2. The fourth-order valence-corrected chi connectivity index (χ4v) is 10.1. The van der Waals surface area contributed by atoms with Gasteiger partial charge in [0.05, 0.1) is 0 Å². The van der Waals surface area contributed by atoms with Crippen LogP contribution in [0.4, 0.5) is 0 Å². The standard InChI is InChI=1S/C30H48O2/c1-20(2)9-8-10-22(5)24-13-15-28(7)25-12-11-23(21(3)4)29(16-14-26(31)32)19-30(25,29)18-17-27(24,28)6/h9,22-25H,3,8,10-19H2,1-2,4-7H3,(H,31,32)/t22-,23+,24-,25+,27-,28+,29-,30+/m1/s1. The third kappa shape index (κ3) is 3.29. The van der Waals surface area contributed by atoms with E-state index >= 15 is 0 Å². The van der Waals surface area contributed by atoms with Crippen LogP contribution in [0, 0.1) is 45.3 Å². The van der Waals surface area contributed by atoms with Crippen molar-refractivity contribution in [2.75, 3.05) is 0 Å². The van der Waals surface area contributed by atoms with E-state index in [1.165, 1.54) is 68.9 Å². The van der Waals surface area contributed by atoms with Gasteiger partial charge in [0, 0.05) is 6.42 Å². The number of carboxylic acids is 1. The molecule has 0 aromatic carbocycles. The predicted molar refractivity (Wildman–Crippen MR) is 133 cm³/mol. The molecule has 0 aliphatic heterocycles. The van der Waals surface area contributed by atoms with E-state index in [2.05, 4.69) is 54.2 Å². The molecule has 4 saturated carbocycles. The van der Waals surface area contributed by atoms with E-state index in [0.717, 1.165) is 24.2 Å². The molecule has 4 fully saturated rings. The maximum atomic E-state index is 11.6. The van der Waals surface area contributed by atoms with E-state index < -0.39 is 5.97 Å². The van der Waals surface area contributed by atoms with Gasteiger partial charge in [0.1, 0.15) is 0 Å². The van der Waals surface area contributed by atoms with Crippen LogP contribution in [0.3, 0.4) is 0 Å². The Labute approximate surface area is 197 Å². The highest BCUT2D eigenvalue weighted by Gasteiger charge is 2.80. The molecule has 4 aliphatic rings. The fourth-order valence-electron chi connectivity index (χ4n) is 10.1. The van der Waals surface area contributed by atoms with Crippen LogP contribution in [0.25, 0.3) is 0 Å². The van der Waals surface area contributed by atoms with Crippen molar-refractivity contribution < 1.29 is 9.90 Å². The molecule has 32 heavy (non-hydrogen) atoms. The summed E-state index contributed by atoms with van der Waals surface area (Å²) >= 11 is 0. The molecule has 1 N–H and O–H groups in total. The van der Waals surface area contributed by atoms with Crippen molar-refractivity contribution in [1.82, 2.24) is 0 Å². The largest absolute Gasteiger partial charge is 0.481 e. The monoisotopic (exact) mass is 440 g/mol. The summed E-state index contributed by atoms with van der Waals surface area (Å²) in [4.78, 5) is 11.6. The first kappa shape index (κ1) is 24.1. The summed E-state index contributed by atoms with van der Waals surface area (Å²) in [6.07, 6.45) is 15.4. The molecular weight excluding hydrogens is 392 g/mol. The molecule has 4 rings (SSSR count). The normalized spacial score (nSPS) is 45.2. The second-order valence-electron chi connectivity index (χ2n) is 13.2. The summed E-state index contributed by atoms with van der Waals surface area (Å²) in [5.74, 6) is 2.30. The van der Waals surface area contributed by atoms with Crippen molar-refractivity contribution in [3.63, 3.8) is 0 Å². The molecule has 180 valence electrons. The Hall–Kier alpha value is -1.05. The summed E-state index contributed by atoms with van der Waals surface area (Å²) in [5, 5.41) is 9.51. The number of fused-ring (bicyclic) bond motifs is 2. The van der Waals surface area contributed by atoms with Crippen molar-refractivity contribution in [3.05, 3.63) is 23.8 Å². The lowest BCUT2D eigenvalue weighted by Crippen LogP contribution is -2.54. The van der Waals surface area contributed by atoms with Gasteiger partial charge >= 0.3 is 5.97 Å². The van der Waals surface area contributed by atoms with E-state index in [1.54, 1.807) is 0 Å². The SMILES string of the molecule is C=C(C)[C@@H]1CC[C@@H]2[C@]3(CC[C@]4(C)[C@@H]([C@H](C)CCC=C(C)C)CC[C@@]24C)C[C@]13CCC(=O)O. The van der Waals surface area contributed by atoms with Crippen LogP contribution < -0.4 is 0 Å². The molecule has 4 aliphatic carbocycles. The van der Waals surface area contributed by atoms with Gasteiger partial charge in [0.25, 0.3) is 0 Å². The number of carbonyl (C=O) groups is 1. The molecule has 1 spiro atoms. The van der Waals surface area contributed by atoms with Crippen molar-refractivity contribution >= 4 is 5.97 Å². The van der Waals surface area contributed by atoms with E-state index in [0.29, 0.717) is 28.6 Å². The Morgan fingerprint density at radius 3 is 2.44 bits per heavy atom. The lowest BCUT2D eigenvalue weighted by molar-refractivity contribution is -0.139. The summed E-state index contributed by atoms with van der Waals surface area (Å²) in [7, 11) is 0. The summed E-state index contributed by atoms with van der Waals surface area (Å²) in [6.45, 7) is 18.9. The van der Waals surface area contributed by atoms with Crippen molar-refractivity contribution in [2.45, 2.75) is 112 Å². The van der Waals surface area contributed by atoms with Gasteiger partial charge in [-0.1, -0.05) is 44.6 Å². The molecule has 0 amide bonds. The Morgan fingerprint density at radius 1 is 1.09 bits per heavy atom. The first-order chi connectivity index (χ1) is 14.9. The molecule has 0 heterocycles. The van der Waals surface area contributed by atoms with Crippen molar-refractivity contribution in [3.8, 4) is 0 Å². The van der Waals surface area contributed by atoms with E-state index in [9.17, 15) is 9.90 Å². The summed E-state index contributed by atoms with van der Waals surface area (Å²) in [5.41, 5.74) is 4.20. The van der Waals surface area contributed by atoms with E-state index in [-0.39, 0.29) is 5.41 Å². The Kier molecular flexibility index (Phi) is 6.04. The van der Waals surface area contributed by atoms with Crippen LogP contribution in [0.5, 0.6) is 0 Å². The van der Waals surface area contributed by atoms with Gasteiger partial charge in [-0.15, -0.1) is 0 Å². The predicted octanol–water partition coefficient (Wildman–Crippen LogP) is 8.43. The second kappa shape index (κ2) is 8.02. The van der Waals surface area contributed by atoms with E-state index in [1.807, 2.05) is 0 Å².